The van der Waals surface area contributed by atoms with Gasteiger partial charge in [-0.2, -0.15) is 0 Å². The Morgan fingerprint density at radius 3 is 2.12 bits per heavy atom. The fourth-order valence-electron chi connectivity index (χ4n) is 3.84. The van der Waals surface area contributed by atoms with Crippen LogP contribution in [0.4, 0.5) is 0 Å². The molecule has 9 nitrogen and oxygen atoms in total. The van der Waals surface area contributed by atoms with Crippen LogP contribution >= 0.6 is 0 Å². The molecule has 0 aliphatic carbocycles. The van der Waals surface area contributed by atoms with Crippen molar-refractivity contribution in [3.63, 3.8) is 0 Å². The topological polar surface area (TPSA) is 95.3 Å². The lowest BCUT2D eigenvalue weighted by Gasteiger charge is -2.21. The van der Waals surface area contributed by atoms with Crippen molar-refractivity contribution in [1.29, 1.82) is 0 Å². The minimum absolute atomic E-state index is 0.0705. The zero-order valence-corrected chi connectivity index (χ0v) is 19.2. The maximum Gasteiger partial charge on any atom is 0.273 e. The first-order valence-corrected chi connectivity index (χ1v) is 11.3. The molecule has 9 heteroatoms. The number of fused-ring (bicyclic) bond motifs is 2. The van der Waals surface area contributed by atoms with Crippen LogP contribution in [0.15, 0.2) is 47.1 Å². The van der Waals surface area contributed by atoms with Crippen LogP contribution in [0.25, 0.3) is 0 Å². The Labute approximate surface area is 197 Å². The lowest BCUT2D eigenvalue weighted by Crippen LogP contribution is -2.32. The standard InChI is InChI=1S/C25H27N3O6/c1-3-16(2)26-25(29)19-13-30-24(27-19)12-28(10-17-4-6-20-22(8-17)33-14-31-20)11-18-5-7-21-23(9-18)34-15-32-21/h4-9,13,16H,3,10-12,14-15H2,1-2H3,(H,26,29). The van der Waals surface area contributed by atoms with E-state index in [-0.39, 0.29) is 31.2 Å². The van der Waals surface area contributed by atoms with E-state index in [0.29, 0.717) is 25.5 Å². The second-order valence-electron chi connectivity index (χ2n) is 8.43. The van der Waals surface area contributed by atoms with Gasteiger partial charge in [-0.25, -0.2) is 4.98 Å². The first-order chi connectivity index (χ1) is 16.6. The summed E-state index contributed by atoms with van der Waals surface area (Å²) in [6, 6.07) is 11.9. The van der Waals surface area contributed by atoms with Crippen LogP contribution in [0, 0.1) is 0 Å². The minimum Gasteiger partial charge on any atom is -0.454 e. The summed E-state index contributed by atoms with van der Waals surface area (Å²) in [6.45, 7) is 6.08. The monoisotopic (exact) mass is 465 g/mol. The van der Waals surface area contributed by atoms with E-state index in [4.69, 9.17) is 23.4 Å². The SMILES string of the molecule is CCC(C)NC(=O)c1coc(CN(Cc2ccc3c(c2)OCO3)Cc2ccc3c(c2)OCO3)n1. The molecule has 2 aliphatic rings. The summed E-state index contributed by atoms with van der Waals surface area (Å²) in [5.74, 6) is 3.20. The van der Waals surface area contributed by atoms with Gasteiger partial charge in [-0.05, 0) is 48.7 Å². The number of rotatable bonds is 9. The predicted molar refractivity (Wildman–Crippen MR) is 122 cm³/mol. The average Bonchev–Trinajstić information content (AvgIpc) is 3.59. The average molecular weight is 466 g/mol. The molecular formula is C25H27N3O6. The summed E-state index contributed by atoms with van der Waals surface area (Å²) in [7, 11) is 0. The van der Waals surface area contributed by atoms with Crippen molar-refractivity contribution >= 4 is 5.91 Å². The van der Waals surface area contributed by atoms with E-state index in [1.807, 2.05) is 50.2 Å². The molecule has 1 atom stereocenters. The van der Waals surface area contributed by atoms with Crippen molar-refractivity contribution in [2.75, 3.05) is 13.6 Å². The first-order valence-electron chi connectivity index (χ1n) is 11.3. The zero-order valence-electron chi connectivity index (χ0n) is 19.2. The van der Waals surface area contributed by atoms with Gasteiger partial charge in [0.05, 0.1) is 6.54 Å². The van der Waals surface area contributed by atoms with E-state index in [9.17, 15) is 4.79 Å². The van der Waals surface area contributed by atoms with E-state index in [0.717, 1.165) is 40.5 Å². The lowest BCUT2D eigenvalue weighted by atomic mass is 10.1. The molecule has 1 unspecified atom stereocenters. The number of carbonyl (C=O) groups is 1. The largest absolute Gasteiger partial charge is 0.454 e. The van der Waals surface area contributed by atoms with Crippen molar-refractivity contribution in [2.45, 2.75) is 45.9 Å². The predicted octanol–water partition coefficient (Wildman–Crippen LogP) is 3.86. The molecule has 3 aromatic rings. The summed E-state index contributed by atoms with van der Waals surface area (Å²) in [5.41, 5.74) is 2.40. The second kappa shape index (κ2) is 9.64. The third-order valence-electron chi connectivity index (χ3n) is 5.82. The molecule has 1 aromatic heterocycles. The summed E-state index contributed by atoms with van der Waals surface area (Å²) in [4.78, 5) is 19.0. The van der Waals surface area contributed by atoms with Crippen molar-refractivity contribution in [3.05, 3.63) is 65.4 Å². The fourth-order valence-corrected chi connectivity index (χ4v) is 3.84. The van der Waals surface area contributed by atoms with Gasteiger partial charge in [0, 0.05) is 19.1 Å². The molecule has 0 spiro atoms. The van der Waals surface area contributed by atoms with Gasteiger partial charge in [0.2, 0.25) is 19.5 Å². The summed E-state index contributed by atoms with van der Waals surface area (Å²) in [5, 5.41) is 2.91. The molecule has 2 aromatic carbocycles. The normalized spacial score (nSPS) is 14.4. The van der Waals surface area contributed by atoms with Crippen LogP contribution in [0.3, 0.4) is 0 Å². The number of hydrogen-bond acceptors (Lipinski definition) is 8. The van der Waals surface area contributed by atoms with Crippen molar-refractivity contribution < 1.29 is 28.2 Å². The van der Waals surface area contributed by atoms with Gasteiger partial charge in [-0.3, -0.25) is 9.69 Å². The molecule has 2 aliphatic heterocycles. The molecule has 178 valence electrons. The molecule has 5 rings (SSSR count). The van der Waals surface area contributed by atoms with Crippen LogP contribution in [-0.4, -0.2) is 35.4 Å². The van der Waals surface area contributed by atoms with Crippen LogP contribution < -0.4 is 24.3 Å². The summed E-state index contributed by atoms with van der Waals surface area (Å²) in [6.07, 6.45) is 2.25. The molecule has 0 saturated carbocycles. The number of amides is 1. The highest BCUT2D eigenvalue weighted by Crippen LogP contribution is 2.34. The van der Waals surface area contributed by atoms with Crippen molar-refractivity contribution in [1.82, 2.24) is 15.2 Å². The van der Waals surface area contributed by atoms with Crippen LogP contribution in [-0.2, 0) is 19.6 Å². The lowest BCUT2D eigenvalue weighted by molar-refractivity contribution is 0.0934. The third kappa shape index (κ3) is 4.94. The maximum atomic E-state index is 12.4. The quantitative estimate of drug-likeness (QED) is 0.509. The summed E-state index contributed by atoms with van der Waals surface area (Å²) < 4.78 is 27.6. The molecule has 1 N–H and O–H groups in total. The molecule has 0 fully saturated rings. The van der Waals surface area contributed by atoms with Gasteiger partial charge in [-0.15, -0.1) is 0 Å². The number of oxazole rings is 1. The minimum atomic E-state index is -0.234. The van der Waals surface area contributed by atoms with E-state index < -0.39 is 0 Å². The third-order valence-corrected chi connectivity index (χ3v) is 5.82. The Bertz CT molecular complexity index is 1120. The molecular weight excluding hydrogens is 438 g/mol. The highest BCUT2D eigenvalue weighted by Gasteiger charge is 2.20. The molecule has 1 amide bonds. The Hall–Kier alpha value is -3.72. The number of ether oxygens (including phenoxy) is 4. The van der Waals surface area contributed by atoms with E-state index in [2.05, 4.69) is 15.2 Å². The number of aromatic nitrogens is 1. The Morgan fingerprint density at radius 1 is 0.941 bits per heavy atom. The molecule has 0 radical (unpaired) electrons. The first kappa shape index (κ1) is 22.1. The highest BCUT2D eigenvalue weighted by molar-refractivity contribution is 5.92. The number of benzene rings is 2. The Kier molecular flexibility index (Phi) is 6.27. The molecule has 0 saturated heterocycles. The summed E-state index contributed by atoms with van der Waals surface area (Å²) >= 11 is 0. The van der Waals surface area contributed by atoms with Gasteiger partial charge in [0.15, 0.2) is 28.7 Å². The molecule has 0 bridgehead atoms. The van der Waals surface area contributed by atoms with Crippen LogP contribution in [0.1, 0.15) is 47.8 Å². The van der Waals surface area contributed by atoms with Crippen LogP contribution in [0.2, 0.25) is 0 Å². The fraction of sp³-hybridized carbons (Fsp3) is 0.360. The van der Waals surface area contributed by atoms with Crippen molar-refractivity contribution in [3.8, 4) is 23.0 Å². The van der Waals surface area contributed by atoms with E-state index in [1.165, 1.54) is 6.26 Å². The highest BCUT2D eigenvalue weighted by atomic mass is 16.7. The van der Waals surface area contributed by atoms with Gasteiger partial charge in [0.25, 0.3) is 5.91 Å². The Morgan fingerprint density at radius 2 is 1.53 bits per heavy atom. The van der Waals surface area contributed by atoms with E-state index in [1.54, 1.807) is 0 Å². The second-order valence-corrected chi connectivity index (χ2v) is 8.43. The number of hydrogen-bond donors (Lipinski definition) is 1. The number of nitrogens with zero attached hydrogens (tertiary/aromatic N) is 2. The number of carbonyl (C=O) groups excluding carboxylic acids is 1. The zero-order chi connectivity index (χ0) is 23.5. The van der Waals surface area contributed by atoms with Gasteiger partial charge < -0.3 is 28.7 Å². The Balaban J connectivity index is 1.34. The number of nitrogens with one attached hydrogen (secondary N) is 1. The van der Waals surface area contributed by atoms with Gasteiger partial charge >= 0.3 is 0 Å². The molecule has 34 heavy (non-hydrogen) atoms. The van der Waals surface area contributed by atoms with Crippen molar-refractivity contribution in [2.24, 2.45) is 0 Å². The van der Waals surface area contributed by atoms with Crippen LogP contribution in [0.5, 0.6) is 23.0 Å². The smallest absolute Gasteiger partial charge is 0.273 e. The van der Waals surface area contributed by atoms with E-state index >= 15 is 0 Å². The van der Waals surface area contributed by atoms with Gasteiger partial charge in [-0.1, -0.05) is 19.1 Å². The maximum absolute atomic E-state index is 12.4. The molecule has 3 heterocycles. The van der Waals surface area contributed by atoms with Gasteiger partial charge in [0.1, 0.15) is 6.26 Å².